The van der Waals surface area contributed by atoms with Gasteiger partial charge in [0.15, 0.2) is 6.54 Å². The van der Waals surface area contributed by atoms with Gasteiger partial charge in [0.1, 0.15) is 0 Å². The van der Waals surface area contributed by atoms with Crippen LogP contribution >= 0.6 is 34.8 Å². The second-order valence-corrected chi connectivity index (χ2v) is 7.66. The monoisotopic (exact) mass is 412 g/mol. The number of aryl methyl sites for hydroxylation is 1. The summed E-state index contributed by atoms with van der Waals surface area (Å²) in [6, 6.07) is 11.4. The van der Waals surface area contributed by atoms with Crippen LogP contribution in [0.1, 0.15) is 5.56 Å². The van der Waals surface area contributed by atoms with Crippen molar-refractivity contribution in [2.75, 3.05) is 42.9 Å². The zero-order valence-electron chi connectivity index (χ0n) is 14.5. The molecule has 1 fully saturated rings. The van der Waals surface area contributed by atoms with Crippen LogP contribution in [0.2, 0.25) is 15.1 Å². The first kappa shape index (κ1) is 19.3. The first-order valence-electron chi connectivity index (χ1n) is 8.53. The van der Waals surface area contributed by atoms with Crippen molar-refractivity contribution in [3.63, 3.8) is 0 Å². The van der Waals surface area contributed by atoms with Crippen LogP contribution < -0.4 is 15.1 Å². The van der Waals surface area contributed by atoms with Gasteiger partial charge in [0.05, 0.1) is 52.6 Å². The molecule has 4 nitrogen and oxygen atoms in total. The highest BCUT2D eigenvalue weighted by molar-refractivity contribution is 6.40. The number of nitrogens with one attached hydrogen (secondary N) is 2. The fraction of sp³-hybridized carbons (Fsp3) is 0.316. The largest absolute Gasteiger partial charge is 0.359 e. The molecule has 1 aliphatic rings. The van der Waals surface area contributed by atoms with Gasteiger partial charge in [0.25, 0.3) is 5.91 Å². The summed E-state index contributed by atoms with van der Waals surface area (Å²) in [4.78, 5) is 15.9. The number of benzene rings is 2. The third-order valence-electron chi connectivity index (χ3n) is 4.62. The van der Waals surface area contributed by atoms with Crippen LogP contribution in [0.15, 0.2) is 36.4 Å². The lowest BCUT2D eigenvalue weighted by Gasteiger charge is -2.33. The minimum Gasteiger partial charge on any atom is -0.359 e. The van der Waals surface area contributed by atoms with Crippen molar-refractivity contribution in [3.8, 4) is 0 Å². The van der Waals surface area contributed by atoms with E-state index in [0.717, 1.165) is 42.5 Å². The molecular weight excluding hydrogens is 393 g/mol. The van der Waals surface area contributed by atoms with Gasteiger partial charge in [-0.05, 0) is 30.7 Å². The van der Waals surface area contributed by atoms with E-state index >= 15 is 0 Å². The van der Waals surface area contributed by atoms with Crippen molar-refractivity contribution < 1.29 is 9.69 Å². The number of halogens is 3. The summed E-state index contributed by atoms with van der Waals surface area (Å²) in [6.07, 6.45) is 0. The van der Waals surface area contributed by atoms with E-state index in [4.69, 9.17) is 34.8 Å². The van der Waals surface area contributed by atoms with E-state index in [1.54, 1.807) is 6.07 Å². The Balaban J connectivity index is 1.56. The standard InChI is InChI=1S/C19H20Cl3N3O/c1-13-6-7-15(21)19(18(13)22)23-17(26)12-24-8-10-25(11-9-24)16-5-3-2-4-14(16)20/h2-7H,8-12H2,1H3,(H,23,26)/p+1. The van der Waals surface area contributed by atoms with E-state index in [0.29, 0.717) is 22.3 Å². The quantitative estimate of drug-likeness (QED) is 0.807. The van der Waals surface area contributed by atoms with E-state index in [1.807, 2.05) is 37.3 Å². The predicted octanol–water partition coefficient (Wildman–Crippen LogP) is 3.30. The van der Waals surface area contributed by atoms with Crippen LogP contribution in [-0.4, -0.2) is 38.6 Å². The Morgan fingerprint density at radius 2 is 1.77 bits per heavy atom. The molecule has 7 heteroatoms. The van der Waals surface area contributed by atoms with Gasteiger partial charge in [-0.3, -0.25) is 4.79 Å². The van der Waals surface area contributed by atoms with Crippen molar-refractivity contribution in [2.45, 2.75) is 6.92 Å². The maximum Gasteiger partial charge on any atom is 0.279 e. The third kappa shape index (κ3) is 4.44. The number of amides is 1. The zero-order chi connectivity index (χ0) is 18.7. The normalized spacial score (nSPS) is 15.2. The van der Waals surface area contributed by atoms with Crippen LogP contribution in [0, 0.1) is 6.92 Å². The van der Waals surface area contributed by atoms with Crippen LogP contribution in [0.5, 0.6) is 0 Å². The Morgan fingerprint density at radius 3 is 2.46 bits per heavy atom. The molecule has 1 amide bonds. The van der Waals surface area contributed by atoms with Crippen LogP contribution in [0.3, 0.4) is 0 Å². The fourth-order valence-electron chi connectivity index (χ4n) is 3.13. The maximum absolute atomic E-state index is 12.4. The molecule has 0 bridgehead atoms. The molecule has 26 heavy (non-hydrogen) atoms. The smallest absolute Gasteiger partial charge is 0.279 e. The lowest BCUT2D eigenvalue weighted by molar-refractivity contribution is -0.892. The lowest BCUT2D eigenvalue weighted by Crippen LogP contribution is -3.15. The fourth-order valence-corrected chi connectivity index (χ4v) is 3.85. The molecule has 0 atom stereocenters. The Kier molecular flexibility index (Phi) is 6.30. The van der Waals surface area contributed by atoms with E-state index in [1.165, 1.54) is 4.90 Å². The second kappa shape index (κ2) is 8.49. The highest BCUT2D eigenvalue weighted by Gasteiger charge is 2.24. The molecule has 138 valence electrons. The van der Waals surface area contributed by atoms with E-state index in [-0.39, 0.29) is 5.91 Å². The summed E-state index contributed by atoms with van der Waals surface area (Å²) in [5.74, 6) is -0.0828. The van der Waals surface area contributed by atoms with E-state index in [2.05, 4.69) is 10.2 Å². The summed E-state index contributed by atoms with van der Waals surface area (Å²) in [6.45, 7) is 5.73. The Labute approximate surface area is 168 Å². The number of hydrogen-bond acceptors (Lipinski definition) is 2. The Bertz CT molecular complexity index is 805. The van der Waals surface area contributed by atoms with Gasteiger partial charge in [0, 0.05) is 0 Å². The summed E-state index contributed by atoms with van der Waals surface area (Å²) in [5.41, 5.74) is 2.43. The zero-order valence-corrected chi connectivity index (χ0v) is 16.8. The van der Waals surface area contributed by atoms with Gasteiger partial charge in [-0.1, -0.05) is 53.0 Å². The summed E-state index contributed by atoms with van der Waals surface area (Å²) in [5, 5.41) is 4.56. The van der Waals surface area contributed by atoms with Crippen molar-refractivity contribution >= 4 is 52.1 Å². The molecule has 0 radical (unpaired) electrons. The number of rotatable bonds is 4. The molecule has 2 aromatic carbocycles. The minimum absolute atomic E-state index is 0.0828. The average molecular weight is 414 g/mol. The second-order valence-electron chi connectivity index (χ2n) is 6.47. The predicted molar refractivity (Wildman–Crippen MR) is 109 cm³/mol. The molecule has 0 aliphatic carbocycles. The highest BCUT2D eigenvalue weighted by atomic mass is 35.5. The van der Waals surface area contributed by atoms with Gasteiger partial charge in [0.2, 0.25) is 0 Å². The van der Waals surface area contributed by atoms with Gasteiger partial charge >= 0.3 is 0 Å². The maximum atomic E-state index is 12.4. The van der Waals surface area contributed by atoms with Crippen LogP contribution in [0.25, 0.3) is 0 Å². The number of piperazine rings is 1. The molecule has 0 saturated carbocycles. The van der Waals surface area contributed by atoms with Crippen LogP contribution in [0.4, 0.5) is 11.4 Å². The first-order valence-corrected chi connectivity index (χ1v) is 9.66. The van der Waals surface area contributed by atoms with Gasteiger partial charge in [-0.2, -0.15) is 0 Å². The van der Waals surface area contributed by atoms with Gasteiger partial charge in [-0.25, -0.2) is 0 Å². The summed E-state index contributed by atoms with van der Waals surface area (Å²) in [7, 11) is 0. The molecular formula is C19H21Cl3N3O+. The van der Waals surface area contributed by atoms with Crippen molar-refractivity contribution in [3.05, 3.63) is 57.0 Å². The molecule has 0 spiro atoms. The Morgan fingerprint density at radius 1 is 1.08 bits per heavy atom. The summed E-state index contributed by atoms with van der Waals surface area (Å²) >= 11 is 18.7. The molecule has 0 aromatic heterocycles. The number of carbonyl (C=O) groups is 1. The van der Waals surface area contributed by atoms with Gasteiger partial charge in [-0.15, -0.1) is 0 Å². The molecule has 1 saturated heterocycles. The molecule has 0 unspecified atom stereocenters. The molecule has 3 rings (SSSR count). The number of quaternary nitrogens is 1. The molecule has 2 N–H and O–H groups in total. The van der Waals surface area contributed by atoms with E-state index < -0.39 is 0 Å². The SMILES string of the molecule is Cc1ccc(Cl)c(NC(=O)C[NH+]2CCN(c3ccccc3Cl)CC2)c1Cl. The first-order chi connectivity index (χ1) is 12.5. The number of para-hydroxylation sites is 1. The molecule has 1 heterocycles. The van der Waals surface area contributed by atoms with Crippen molar-refractivity contribution in [1.29, 1.82) is 0 Å². The minimum atomic E-state index is -0.0828. The topological polar surface area (TPSA) is 36.8 Å². The lowest BCUT2D eigenvalue weighted by atomic mass is 10.2. The number of carbonyl (C=O) groups excluding carboxylic acids is 1. The van der Waals surface area contributed by atoms with Crippen molar-refractivity contribution in [2.24, 2.45) is 0 Å². The highest BCUT2D eigenvalue weighted by Crippen LogP contribution is 2.32. The van der Waals surface area contributed by atoms with Crippen LogP contribution in [-0.2, 0) is 4.79 Å². The molecule has 2 aromatic rings. The molecule has 1 aliphatic heterocycles. The number of nitrogens with zero attached hydrogens (tertiary/aromatic N) is 1. The Hall–Kier alpha value is -1.46. The average Bonchev–Trinajstić information content (AvgIpc) is 2.63. The van der Waals surface area contributed by atoms with Gasteiger partial charge < -0.3 is 15.1 Å². The van der Waals surface area contributed by atoms with E-state index in [9.17, 15) is 4.79 Å². The number of hydrogen-bond donors (Lipinski definition) is 2. The third-order valence-corrected chi connectivity index (χ3v) is 5.74. The number of anilines is 2. The summed E-state index contributed by atoms with van der Waals surface area (Å²) < 4.78 is 0. The van der Waals surface area contributed by atoms with Crippen molar-refractivity contribution in [1.82, 2.24) is 0 Å².